The summed E-state index contributed by atoms with van der Waals surface area (Å²) < 4.78 is 31.8. The lowest BCUT2D eigenvalue weighted by Gasteiger charge is -2.08. The number of hydrogen-bond donors (Lipinski definition) is 1. The van der Waals surface area contributed by atoms with Gasteiger partial charge in [0.1, 0.15) is 5.75 Å². The van der Waals surface area contributed by atoms with E-state index in [4.69, 9.17) is 4.74 Å². The molecule has 0 aliphatic carbocycles. The van der Waals surface area contributed by atoms with Gasteiger partial charge in [0.25, 0.3) is 5.69 Å². The number of sulfonamides is 1. The van der Waals surface area contributed by atoms with E-state index in [0.717, 1.165) is 12.8 Å². The second-order valence-electron chi connectivity index (χ2n) is 5.42. The van der Waals surface area contributed by atoms with E-state index in [2.05, 4.69) is 4.72 Å². The first kappa shape index (κ1) is 19.5. The van der Waals surface area contributed by atoms with Crippen LogP contribution in [0.1, 0.15) is 30.1 Å². The summed E-state index contributed by atoms with van der Waals surface area (Å²) in [6.45, 7) is 2.32. The molecule has 2 rings (SSSR count). The largest absolute Gasteiger partial charge is 0.423 e. The van der Waals surface area contributed by atoms with Crippen molar-refractivity contribution in [2.45, 2.75) is 24.7 Å². The molecule has 0 spiro atoms. The molecule has 0 saturated heterocycles. The van der Waals surface area contributed by atoms with Crippen LogP contribution in [-0.2, 0) is 10.0 Å². The number of nitrogens with zero attached hydrogens (tertiary/aromatic N) is 1. The van der Waals surface area contributed by atoms with Crippen molar-refractivity contribution in [2.75, 3.05) is 6.54 Å². The van der Waals surface area contributed by atoms with Crippen molar-refractivity contribution in [3.63, 3.8) is 0 Å². The summed E-state index contributed by atoms with van der Waals surface area (Å²) in [5.41, 5.74) is 0.0141. The fourth-order valence-electron chi connectivity index (χ4n) is 2.04. The van der Waals surface area contributed by atoms with Gasteiger partial charge in [-0.3, -0.25) is 10.1 Å². The van der Waals surface area contributed by atoms with Gasteiger partial charge in [0.15, 0.2) is 0 Å². The monoisotopic (exact) mass is 378 g/mol. The summed E-state index contributed by atoms with van der Waals surface area (Å²) in [6, 6.07) is 10.4. The average Bonchev–Trinajstić information content (AvgIpc) is 2.62. The van der Waals surface area contributed by atoms with Crippen LogP contribution in [0.25, 0.3) is 0 Å². The van der Waals surface area contributed by atoms with Crippen molar-refractivity contribution in [2.24, 2.45) is 0 Å². The van der Waals surface area contributed by atoms with E-state index in [1.165, 1.54) is 48.5 Å². The number of nitrogens with one attached hydrogen (secondary N) is 1. The normalized spacial score (nSPS) is 11.1. The van der Waals surface area contributed by atoms with Gasteiger partial charge >= 0.3 is 5.97 Å². The summed E-state index contributed by atoms with van der Waals surface area (Å²) in [5, 5.41) is 10.6. The highest BCUT2D eigenvalue weighted by molar-refractivity contribution is 7.89. The van der Waals surface area contributed by atoms with Crippen LogP contribution in [0, 0.1) is 10.1 Å². The fraction of sp³-hybridized carbons (Fsp3) is 0.235. The molecule has 2 aromatic carbocycles. The van der Waals surface area contributed by atoms with Crippen LogP contribution in [0.15, 0.2) is 53.4 Å². The smallest absolute Gasteiger partial charge is 0.343 e. The minimum absolute atomic E-state index is 0.0729. The molecule has 0 radical (unpaired) electrons. The Morgan fingerprint density at radius 1 is 1.12 bits per heavy atom. The topological polar surface area (TPSA) is 116 Å². The lowest BCUT2D eigenvalue weighted by atomic mass is 10.2. The number of nitro groups is 1. The number of benzene rings is 2. The fourth-order valence-corrected chi connectivity index (χ4v) is 3.11. The van der Waals surface area contributed by atoms with E-state index in [1.54, 1.807) is 0 Å². The third-order valence-electron chi connectivity index (χ3n) is 3.48. The van der Waals surface area contributed by atoms with Crippen LogP contribution in [-0.4, -0.2) is 25.9 Å². The van der Waals surface area contributed by atoms with Gasteiger partial charge in [0.2, 0.25) is 10.0 Å². The van der Waals surface area contributed by atoms with Gasteiger partial charge in [-0.15, -0.1) is 0 Å². The third-order valence-corrected chi connectivity index (χ3v) is 4.96. The third kappa shape index (κ3) is 5.11. The summed E-state index contributed by atoms with van der Waals surface area (Å²) in [6.07, 6.45) is 1.62. The molecule has 0 aliphatic rings. The van der Waals surface area contributed by atoms with Crippen molar-refractivity contribution in [3.8, 4) is 5.75 Å². The molecular formula is C17H18N2O6S. The number of nitro benzene ring substituents is 1. The summed E-state index contributed by atoms with van der Waals surface area (Å²) in [7, 11) is -3.60. The Labute approximate surface area is 151 Å². The van der Waals surface area contributed by atoms with E-state index < -0.39 is 20.9 Å². The molecule has 0 aromatic heterocycles. The Hall–Kier alpha value is -2.78. The maximum atomic E-state index is 12.1. The number of unbranched alkanes of at least 4 members (excludes halogenated alkanes) is 1. The molecule has 0 atom stereocenters. The molecular weight excluding hydrogens is 360 g/mol. The number of hydrogen-bond acceptors (Lipinski definition) is 6. The Morgan fingerprint density at radius 3 is 2.27 bits per heavy atom. The predicted molar refractivity (Wildman–Crippen MR) is 94.6 cm³/mol. The highest BCUT2D eigenvalue weighted by atomic mass is 32.2. The number of ether oxygens (including phenoxy) is 1. The van der Waals surface area contributed by atoms with Gasteiger partial charge in [-0.1, -0.05) is 13.3 Å². The van der Waals surface area contributed by atoms with Gasteiger partial charge in [0.05, 0.1) is 15.4 Å². The molecule has 2 aromatic rings. The van der Waals surface area contributed by atoms with Crippen LogP contribution < -0.4 is 9.46 Å². The van der Waals surface area contributed by atoms with Crippen LogP contribution >= 0.6 is 0 Å². The van der Waals surface area contributed by atoms with Gasteiger partial charge in [-0.2, -0.15) is 0 Å². The first-order valence-electron chi connectivity index (χ1n) is 7.90. The zero-order valence-corrected chi connectivity index (χ0v) is 14.9. The van der Waals surface area contributed by atoms with Crippen LogP contribution in [0.3, 0.4) is 0 Å². The Morgan fingerprint density at radius 2 is 1.73 bits per heavy atom. The maximum absolute atomic E-state index is 12.1. The first-order chi connectivity index (χ1) is 12.3. The van der Waals surface area contributed by atoms with Crippen molar-refractivity contribution in [1.29, 1.82) is 0 Å². The SMILES string of the molecule is CCCCNS(=O)(=O)c1ccc(OC(=O)c2ccc([N+](=O)[O-])cc2)cc1. The van der Waals surface area contributed by atoms with E-state index >= 15 is 0 Å². The van der Waals surface area contributed by atoms with E-state index in [-0.39, 0.29) is 21.9 Å². The minimum atomic E-state index is -3.60. The molecule has 138 valence electrons. The second-order valence-corrected chi connectivity index (χ2v) is 7.18. The first-order valence-corrected chi connectivity index (χ1v) is 9.38. The molecule has 9 heteroatoms. The van der Waals surface area contributed by atoms with Crippen molar-refractivity contribution >= 4 is 21.7 Å². The van der Waals surface area contributed by atoms with E-state index in [1.807, 2.05) is 6.92 Å². The number of carbonyl (C=O) groups is 1. The standard InChI is InChI=1S/C17H18N2O6S/c1-2-3-12-18-26(23,24)16-10-8-15(9-11-16)25-17(20)13-4-6-14(7-5-13)19(21)22/h4-11,18H,2-3,12H2,1H3. The molecule has 0 aliphatic heterocycles. The number of carbonyl (C=O) groups excluding carboxylic acids is 1. The molecule has 0 unspecified atom stereocenters. The minimum Gasteiger partial charge on any atom is -0.423 e. The summed E-state index contributed by atoms with van der Waals surface area (Å²) in [5.74, 6) is -0.530. The number of esters is 1. The van der Waals surface area contributed by atoms with Crippen molar-refractivity contribution < 1.29 is 22.9 Å². The molecule has 0 amide bonds. The van der Waals surface area contributed by atoms with Crippen molar-refractivity contribution in [1.82, 2.24) is 4.72 Å². The lowest BCUT2D eigenvalue weighted by Crippen LogP contribution is -2.24. The van der Waals surface area contributed by atoms with Gasteiger partial charge in [0, 0.05) is 18.7 Å². The van der Waals surface area contributed by atoms with Crippen LogP contribution in [0.2, 0.25) is 0 Å². The molecule has 0 heterocycles. The Kier molecular flexibility index (Phi) is 6.42. The van der Waals surface area contributed by atoms with Crippen LogP contribution in [0.4, 0.5) is 5.69 Å². The predicted octanol–water partition coefficient (Wildman–Crippen LogP) is 2.89. The van der Waals surface area contributed by atoms with E-state index in [9.17, 15) is 23.3 Å². The molecule has 26 heavy (non-hydrogen) atoms. The zero-order valence-electron chi connectivity index (χ0n) is 14.0. The maximum Gasteiger partial charge on any atom is 0.343 e. The van der Waals surface area contributed by atoms with Gasteiger partial charge in [-0.25, -0.2) is 17.9 Å². The van der Waals surface area contributed by atoms with Crippen molar-refractivity contribution in [3.05, 3.63) is 64.2 Å². The molecule has 0 bridgehead atoms. The Bertz CT molecular complexity index is 876. The lowest BCUT2D eigenvalue weighted by molar-refractivity contribution is -0.384. The second kappa shape index (κ2) is 8.54. The van der Waals surface area contributed by atoms with Gasteiger partial charge in [-0.05, 0) is 42.8 Å². The average molecular weight is 378 g/mol. The zero-order chi connectivity index (χ0) is 19.2. The van der Waals surface area contributed by atoms with Gasteiger partial charge < -0.3 is 4.74 Å². The quantitative estimate of drug-likeness (QED) is 0.248. The molecule has 8 nitrogen and oxygen atoms in total. The number of non-ortho nitro benzene ring substituents is 1. The number of rotatable bonds is 8. The molecule has 1 N–H and O–H groups in total. The van der Waals surface area contributed by atoms with Crippen LogP contribution in [0.5, 0.6) is 5.75 Å². The van der Waals surface area contributed by atoms with E-state index in [0.29, 0.717) is 6.54 Å². The highest BCUT2D eigenvalue weighted by Gasteiger charge is 2.15. The summed E-state index contributed by atoms with van der Waals surface area (Å²) >= 11 is 0. The molecule has 0 fully saturated rings. The Balaban J connectivity index is 2.04. The molecule has 0 saturated carbocycles. The summed E-state index contributed by atoms with van der Waals surface area (Å²) in [4.78, 5) is 22.1. The highest BCUT2D eigenvalue weighted by Crippen LogP contribution is 2.18.